The highest BCUT2D eigenvalue weighted by Crippen LogP contribution is 2.25. The largest absolute Gasteiger partial charge is 0.339 e. The predicted molar refractivity (Wildman–Crippen MR) is 74.0 cm³/mol. The fraction of sp³-hybridized carbons (Fsp3) is 0.500. The minimum atomic E-state index is 0. The van der Waals surface area contributed by atoms with Gasteiger partial charge in [-0.25, -0.2) is 0 Å². The SMILES string of the molecule is CN(C(=O)c1ccc2c(c1)CNC2)C1CCC1.Cl. The summed E-state index contributed by atoms with van der Waals surface area (Å²) in [5, 5.41) is 3.30. The van der Waals surface area contributed by atoms with Gasteiger partial charge in [0, 0.05) is 31.7 Å². The number of fused-ring (bicyclic) bond motifs is 1. The molecule has 1 saturated carbocycles. The molecule has 0 saturated heterocycles. The van der Waals surface area contributed by atoms with Gasteiger partial charge in [0.2, 0.25) is 0 Å². The second-order valence-corrected chi connectivity index (χ2v) is 5.09. The molecule has 98 valence electrons. The maximum atomic E-state index is 12.3. The lowest BCUT2D eigenvalue weighted by atomic mass is 9.91. The van der Waals surface area contributed by atoms with Crippen molar-refractivity contribution in [2.75, 3.05) is 7.05 Å². The standard InChI is InChI=1S/C14H18N2O.ClH/c1-16(13-3-2-4-13)14(17)10-5-6-11-8-15-9-12(11)7-10;/h5-7,13,15H,2-4,8-9H2,1H3;1H. The van der Waals surface area contributed by atoms with Crippen molar-refractivity contribution in [3.05, 3.63) is 34.9 Å². The number of carbonyl (C=O) groups excluding carboxylic acids is 1. The first kappa shape index (κ1) is 13.4. The Kier molecular flexibility index (Phi) is 3.93. The van der Waals surface area contributed by atoms with E-state index in [1.165, 1.54) is 17.5 Å². The number of amides is 1. The molecule has 0 unspecified atom stereocenters. The lowest BCUT2D eigenvalue weighted by molar-refractivity contribution is 0.0652. The van der Waals surface area contributed by atoms with Gasteiger partial charge in [-0.2, -0.15) is 0 Å². The molecule has 0 aromatic heterocycles. The Hall–Kier alpha value is -1.06. The van der Waals surface area contributed by atoms with Crippen LogP contribution in [0.25, 0.3) is 0 Å². The van der Waals surface area contributed by atoms with Crippen molar-refractivity contribution in [2.24, 2.45) is 0 Å². The number of carbonyl (C=O) groups is 1. The highest BCUT2D eigenvalue weighted by molar-refractivity contribution is 5.94. The summed E-state index contributed by atoms with van der Waals surface area (Å²) in [6, 6.07) is 6.56. The monoisotopic (exact) mass is 266 g/mol. The number of halogens is 1. The van der Waals surface area contributed by atoms with Gasteiger partial charge in [0.1, 0.15) is 0 Å². The van der Waals surface area contributed by atoms with Crippen LogP contribution >= 0.6 is 12.4 Å². The van der Waals surface area contributed by atoms with E-state index in [0.717, 1.165) is 31.5 Å². The molecule has 2 aliphatic rings. The molecule has 1 fully saturated rings. The maximum absolute atomic E-state index is 12.3. The third-order valence-corrected chi connectivity index (χ3v) is 4.03. The van der Waals surface area contributed by atoms with Gasteiger partial charge in [0.25, 0.3) is 5.91 Å². The van der Waals surface area contributed by atoms with Gasteiger partial charge >= 0.3 is 0 Å². The van der Waals surface area contributed by atoms with E-state index in [2.05, 4.69) is 11.4 Å². The van der Waals surface area contributed by atoms with Gasteiger partial charge in [-0.05, 0) is 42.5 Å². The van der Waals surface area contributed by atoms with Crippen molar-refractivity contribution in [1.29, 1.82) is 0 Å². The van der Waals surface area contributed by atoms with E-state index < -0.39 is 0 Å². The Balaban J connectivity index is 0.00000120. The van der Waals surface area contributed by atoms with E-state index in [0.29, 0.717) is 6.04 Å². The summed E-state index contributed by atoms with van der Waals surface area (Å²) in [4.78, 5) is 14.2. The number of hydrogen-bond acceptors (Lipinski definition) is 2. The van der Waals surface area contributed by atoms with Crippen molar-refractivity contribution in [3.8, 4) is 0 Å². The fourth-order valence-corrected chi connectivity index (χ4v) is 2.57. The summed E-state index contributed by atoms with van der Waals surface area (Å²) < 4.78 is 0. The van der Waals surface area contributed by atoms with Crippen molar-refractivity contribution in [3.63, 3.8) is 0 Å². The zero-order chi connectivity index (χ0) is 11.8. The predicted octanol–water partition coefficient (Wildman–Crippen LogP) is 2.34. The summed E-state index contributed by atoms with van der Waals surface area (Å²) in [5.74, 6) is 0.171. The molecule has 1 aromatic carbocycles. The fourth-order valence-electron chi connectivity index (χ4n) is 2.57. The van der Waals surface area contributed by atoms with Gasteiger partial charge in [0.05, 0.1) is 0 Å². The number of hydrogen-bond donors (Lipinski definition) is 1. The molecule has 3 rings (SSSR count). The molecule has 1 amide bonds. The van der Waals surface area contributed by atoms with Gasteiger partial charge < -0.3 is 10.2 Å². The summed E-state index contributed by atoms with van der Waals surface area (Å²) in [5.41, 5.74) is 3.44. The Labute approximate surface area is 114 Å². The second kappa shape index (κ2) is 5.29. The summed E-state index contributed by atoms with van der Waals surface area (Å²) in [6.45, 7) is 1.83. The van der Waals surface area contributed by atoms with Crippen LogP contribution in [0.1, 0.15) is 40.7 Å². The molecule has 0 bridgehead atoms. The van der Waals surface area contributed by atoms with Crippen LogP contribution in [0.4, 0.5) is 0 Å². The van der Waals surface area contributed by atoms with Crippen molar-refractivity contribution < 1.29 is 4.79 Å². The molecule has 0 radical (unpaired) electrons. The van der Waals surface area contributed by atoms with E-state index in [9.17, 15) is 4.79 Å². The molecule has 0 atom stereocenters. The van der Waals surface area contributed by atoms with Gasteiger partial charge in [-0.1, -0.05) is 6.07 Å². The van der Waals surface area contributed by atoms with Crippen LogP contribution in [0.3, 0.4) is 0 Å². The zero-order valence-electron chi connectivity index (χ0n) is 10.6. The molecule has 0 spiro atoms. The lowest BCUT2D eigenvalue weighted by Gasteiger charge is -2.34. The third kappa shape index (κ3) is 2.25. The minimum absolute atomic E-state index is 0. The lowest BCUT2D eigenvalue weighted by Crippen LogP contribution is -2.41. The quantitative estimate of drug-likeness (QED) is 0.891. The van der Waals surface area contributed by atoms with E-state index in [-0.39, 0.29) is 18.3 Å². The normalized spacial score (nSPS) is 17.6. The molecular formula is C14H19ClN2O. The second-order valence-electron chi connectivity index (χ2n) is 5.09. The number of nitrogens with one attached hydrogen (secondary N) is 1. The molecule has 3 nitrogen and oxygen atoms in total. The maximum Gasteiger partial charge on any atom is 0.253 e. The van der Waals surface area contributed by atoms with Crippen LogP contribution in [0.5, 0.6) is 0 Å². The van der Waals surface area contributed by atoms with Crippen LogP contribution in [-0.4, -0.2) is 23.9 Å². The van der Waals surface area contributed by atoms with Crippen LogP contribution in [-0.2, 0) is 13.1 Å². The number of nitrogens with zero attached hydrogens (tertiary/aromatic N) is 1. The highest BCUT2D eigenvalue weighted by Gasteiger charge is 2.26. The third-order valence-electron chi connectivity index (χ3n) is 4.03. The zero-order valence-corrected chi connectivity index (χ0v) is 11.4. The molecule has 4 heteroatoms. The van der Waals surface area contributed by atoms with Crippen LogP contribution in [0.15, 0.2) is 18.2 Å². The molecule has 18 heavy (non-hydrogen) atoms. The number of rotatable bonds is 2. The Bertz CT molecular complexity index is 457. The van der Waals surface area contributed by atoms with Crippen LogP contribution in [0.2, 0.25) is 0 Å². The molecule has 1 aromatic rings. The Morgan fingerprint density at radius 2 is 2.00 bits per heavy atom. The first-order valence-electron chi connectivity index (χ1n) is 6.35. The highest BCUT2D eigenvalue weighted by atomic mass is 35.5. The average Bonchev–Trinajstić information content (AvgIpc) is 2.72. The van der Waals surface area contributed by atoms with Gasteiger partial charge in [-0.3, -0.25) is 4.79 Å². The first-order valence-corrected chi connectivity index (χ1v) is 6.35. The van der Waals surface area contributed by atoms with Crippen LogP contribution < -0.4 is 5.32 Å². The van der Waals surface area contributed by atoms with E-state index in [1.807, 2.05) is 24.1 Å². The van der Waals surface area contributed by atoms with Gasteiger partial charge in [-0.15, -0.1) is 12.4 Å². The Morgan fingerprint density at radius 3 is 2.67 bits per heavy atom. The molecule has 1 N–H and O–H groups in total. The smallest absolute Gasteiger partial charge is 0.253 e. The van der Waals surface area contributed by atoms with E-state index >= 15 is 0 Å². The molecule has 1 aliphatic heterocycles. The minimum Gasteiger partial charge on any atom is -0.339 e. The van der Waals surface area contributed by atoms with E-state index in [4.69, 9.17) is 0 Å². The first-order chi connectivity index (χ1) is 8.25. The van der Waals surface area contributed by atoms with Crippen molar-refractivity contribution in [1.82, 2.24) is 10.2 Å². The molecule has 1 aliphatic carbocycles. The topological polar surface area (TPSA) is 32.3 Å². The summed E-state index contributed by atoms with van der Waals surface area (Å²) in [6.07, 6.45) is 3.58. The summed E-state index contributed by atoms with van der Waals surface area (Å²) >= 11 is 0. The van der Waals surface area contributed by atoms with Crippen molar-refractivity contribution >= 4 is 18.3 Å². The van der Waals surface area contributed by atoms with Crippen LogP contribution in [0, 0.1) is 0 Å². The number of benzene rings is 1. The molecular weight excluding hydrogens is 248 g/mol. The average molecular weight is 267 g/mol. The Morgan fingerprint density at radius 1 is 1.28 bits per heavy atom. The van der Waals surface area contributed by atoms with Crippen molar-refractivity contribution in [2.45, 2.75) is 38.4 Å². The summed E-state index contributed by atoms with van der Waals surface area (Å²) in [7, 11) is 1.93. The molecule has 1 heterocycles. The van der Waals surface area contributed by atoms with E-state index in [1.54, 1.807) is 0 Å². The van der Waals surface area contributed by atoms with Gasteiger partial charge in [0.15, 0.2) is 0 Å².